The molecule has 3 aromatic rings. The van der Waals surface area contributed by atoms with Crippen LogP contribution in [-0.2, 0) is 16.4 Å². The molecule has 0 saturated heterocycles. The van der Waals surface area contributed by atoms with E-state index < -0.39 is 24.0 Å². The molecule has 2 N–H and O–H groups in total. The monoisotopic (exact) mass is 419 g/mol. The number of hydrogen-bond donors (Lipinski definition) is 2. The highest BCUT2D eigenvalue weighted by atomic mass is 32.2. The second-order valence-electron chi connectivity index (χ2n) is 7.23. The van der Waals surface area contributed by atoms with Crippen molar-refractivity contribution in [2.45, 2.75) is 30.3 Å². The van der Waals surface area contributed by atoms with E-state index in [-0.39, 0.29) is 4.21 Å². The van der Waals surface area contributed by atoms with Crippen molar-refractivity contribution in [2.24, 2.45) is 0 Å². The van der Waals surface area contributed by atoms with E-state index in [4.69, 9.17) is 0 Å². The Hall–Kier alpha value is -2.23. The zero-order valence-corrected chi connectivity index (χ0v) is 17.9. The first kappa shape index (κ1) is 19.5. The third kappa shape index (κ3) is 4.55. The molecule has 0 atom stereocenters. The SMILES string of the molecule is C[Si](C)(C)c1cc(Cc2cnc[nH]2)c(S(=O)(=O)NC(=O)c2ccccc2)s1. The highest BCUT2D eigenvalue weighted by molar-refractivity contribution is 7.92. The second kappa shape index (κ2) is 7.41. The molecule has 142 valence electrons. The fourth-order valence-corrected chi connectivity index (χ4v) is 7.32. The summed E-state index contributed by atoms with van der Waals surface area (Å²) in [5, 5.41) is 0. The predicted molar refractivity (Wildman–Crippen MR) is 110 cm³/mol. The van der Waals surface area contributed by atoms with Crippen LogP contribution in [0.1, 0.15) is 21.6 Å². The minimum atomic E-state index is -3.97. The third-order valence-corrected chi connectivity index (χ3v) is 10.6. The molecule has 0 fully saturated rings. The highest BCUT2D eigenvalue weighted by Crippen LogP contribution is 2.26. The zero-order valence-electron chi connectivity index (χ0n) is 15.3. The van der Waals surface area contributed by atoms with Gasteiger partial charge in [-0.15, -0.1) is 11.3 Å². The Kier molecular flexibility index (Phi) is 5.36. The number of imidazole rings is 1. The molecule has 2 heterocycles. The van der Waals surface area contributed by atoms with Crippen molar-refractivity contribution in [2.75, 3.05) is 0 Å². The minimum Gasteiger partial charge on any atom is -0.348 e. The number of amides is 1. The molecular formula is C18H21N3O3S2Si. The van der Waals surface area contributed by atoms with Gasteiger partial charge in [-0.2, -0.15) is 0 Å². The van der Waals surface area contributed by atoms with Gasteiger partial charge in [-0.1, -0.05) is 37.8 Å². The lowest BCUT2D eigenvalue weighted by molar-refractivity contribution is 0.0981. The molecule has 0 saturated carbocycles. The Morgan fingerprint density at radius 3 is 2.52 bits per heavy atom. The summed E-state index contributed by atoms with van der Waals surface area (Å²) < 4.78 is 29.4. The van der Waals surface area contributed by atoms with Gasteiger partial charge in [0.25, 0.3) is 15.9 Å². The lowest BCUT2D eigenvalue weighted by atomic mass is 10.2. The van der Waals surface area contributed by atoms with Gasteiger partial charge in [0, 0.05) is 23.9 Å². The number of carbonyl (C=O) groups is 1. The van der Waals surface area contributed by atoms with Crippen molar-refractivity contribution < 1.29 is 13.2 Å². The fraction of sp³-hybridized carbons (Fsp3) is 0.222. The second-order valence-corrected chi connectivity index (χ2v) is 15.6. The molecule has 27 heavy (non-hydrogen) atoms. The number of nitrogens with one attached hydrogen (secondary N) is 2. The first-order valence-corrected chi connectivity index (χ1v) is 14.2. The van der Waals surface area contributed by atoms with Gasteiger partial charge in [-0.05, 0) is 28.3 Å². The number of rotatable bonds is 6. The maximum Gasteiger partial charge on any atom is 0.274 e. The van der Waals surface area contributed by atoms with E-state index in [1.54, 1.807) is 42.9 Å². The third-order valence-electron chi connectivity index (χ3n) is 3.95. The molecule has 0 aliphatic carbocycles. The molecule has 0 spiro atoms. The topological polar surface area (TPSA) is 91.9 Å². The van der Waals surface area contributed by atoms with Crippen molar-refractivity contribution in [1.29, 1.82) is 0 Å². The van der Waals surface area contributed by atoms with Gasteiger partial charge < -0.3 is 4.98 Å². The maximum atomic E-state index is 13.0. The zero-order chi connectivity index (χ0) is 19.7. The summed E-state index contributed by atoms with van der Waals surface area (Å²) in [5.74, 6) is -0.633. The number of aromatic nitrogens is 2. The van der Waals surface area contributed by atoms with Crippen molar-refractivity contribution in [1.82, 2.24) is 14.7 Å². The number of carbonyl (C=O) groups excluding carboxylic acids is 1. The van der Waals surface area contributed by atoms with E-state index in [1.165, 1.54) is 11.3 Å². The standard InChI is InChI=1S/C18H21N3O3S2Si/c1-27(2,3)16-10-14(9-15-11-19-12-20-15)18(25-16)26(23,24)21-17(22)13-7-5-4-6-8-13/h4-8,10-12H,9H2,1-3H3,(H,19,20)(H,21,22). The van der Waals surface area contributed by atoms with Crippen LogP contribution in [0.25, 0.3) is 0 Å². The van der Waals surface area contributed by atoms with Crippen LogP contribution in [-0.4, -0.2) is 32.4 Å². The average Bonchev–Trinajstić information content (AvgIpc) is 3.25. The van der Waals surface area contributed by atoms with Gasteiger partial charge in [-0.3, -0.25) is 4.79 Å². The van der Waals surface area contributed by atoms with Crippen LogP contribution >= 0.6 is 11.3 Å². The molecule has 1 aromatic carbocycles. The van der Waals surface area contributed by atoms with Gasteiger partial charge >= 0.3 is 0 Å². The van der Waals surface area contributed by atoms with Gasteiger partial charge in [0.2, 0.25) is 0 Å². The quantitative estimate of drug-likeness (QED) is 0.601. The summed E-state index contributed by atoms with van der Waals surface area (Å²) in [7, 11) is -5.69. The highest BCUT2D eigenvalue weighted by Gasteiger charge is 2.29. The summed E-state index contributed by atoms with van der Waals surface area (Å²) >= 11 is 1.26. The van der Waals surface area contributed by atoms with Gasteiger partial charge in [-0.25, -0.2) is 18.1 Å². The van der Waals surface area contributed by atoms with E-state index >= 15 is 0 Å². The first-order chi connectivity index (χ1) is 12.7. The smallest absolute Gasteiger partial charge is 0.274 e. The lowest BCUT2D eigenvalue weighted by Gasteiger charge is -2.12. The maximum absolute atomic E-state index is 13.0. The average molecular weight is 420 g/mol. The van der Waals surface area contributed by atoms with E-state index in [0.717, 1.165) is 10.2 Å². The minimum absolute atomic E-state index is 0.193. The largest absolute Gasteiger partial charge is 0.348 e. The number of aromatic amines is 1. The number of benzene rings is 1. The van der Waals surface area contributed by atoms with Crippen molar-refractivity contribution in [3.05, 3.63) is 65.7 Å². The summed E-state index contributed by atoms with van der Waals surface area (Å²) in [5.41, 5.74) is 1.80. The Balaban J connectivity index is 1.97. The van der Waals surface area contributed by atoms with E-state index in [1.807, 2.05) is 6.07 Å². The summed E-state index contributed by atoms with van der Waals surface area (Å²) in [4.78, 5) is 19.4. The van der Waals surface area contributed by atoms with E-state index in [0.29, 0.717) is 17.5 Å². The van der Waals surface area contributed by atoms with Crippen LogP contribution in [0, 0.1) is 0 Å². The molecular weight excluding hydrogens is 398 g/mol. The molecule has 6 nitrogen and oxygen atoms in total. The number of thiophene rings is 1. The van der Waals surface area contributed by atoms with Crippen LogP contribution in [0.5, 0.6) is 0 Å². The van der Waals surface area contributed by atoms with Gasteiger partial charge in [0.15, 0.2) is 0 Å². The molecule has 0 bridgehead atoms. The molecule has 2 aromatic heterocycles. The summed E-state index contributed by atoms with van der Waals surface area (Å²) in [6, 6.07) is 10.3. The lowest BCUT2D eigenvalue weighted by Crippen LogP contribution is -2.35. The number of hydrogen-bond acceptors (Lipinski definition) is 5. The normalized spacial score (nSPS) is 12.1. The molecule has 0 radical (unpaired) electrons. The number of sulfonamides is 1. The molecule has 0 aliphatic heterocycles. The Morgan fingerprint density at radius 1 is 1.22 bits per heavy atom. The van der Waals surface area contributed by atoms with Crippen LogP contribution < -0.4 is 9.22 Å². The Labute approximate surface area is 163 Å². The Bertz CT molecular complexity index is 1040. The van der Waals surface area contributed by atoms with Gasteiger partial charge in [0.1, 0.15) is 4.21 Å². The van der Waals surface area contributed by atoms with Crippen LogP contribution in [0.15, 0.2) is 53.1 Å². The van der Waals surface area contributed by atoms with Crippen molar-refractivity contribution in [3.8, 4) is 0 Å². The molecule has 3 rings (SSSR count). The molecule has 1 amide bonds. The van der Waals surface area contributed by atoms with Crippen molar-refractivity contribution >= 4 is 39.8 Å². The molecule has 0 aliphatic rings. The Morgan fingerprint density at radius 2 is 1.93 bits per heavy atom. The molecule has 0 unspecified atom stereocenters. The number of nitrogens with zero attached hydrogens (tertiary/aromatic N) is 1. The predicted octanol–water partition coefficient (Wildman–Crippen LogP) is 2.73. The number of H-pyrrole nitrogens is 1. The fourth-order valence-electron chi connectivity index (χ4n) is 2.54. The van der Waals surface area contributed by atoms with Crippen LogP contribution in [0.2, 0.25) is 19.6 Å². The first-order valence-electron chi connectivity index (χ1n) is 8.39. The van der Waals surface area contributed by atoms with E-state index in [9.17, 15) is 13.2 Å². The van der Waals surface area contributed by atoms with E-state index in [2.05, 4.69) is 34.3 Å². The summed E-state index contributed by atoms with van der Waals surface area (Å²) in [6.07, 6.45) is 3.65. The van der Waals surface area contributed by atoms with Gasteiger partial charge in [0.05, 0.1) is 14.4 Å². The van der Waals surface area contributed by atoms with Crippen molar-refractivity contribution in [3.63, 3.8) is 0 Å². The molecule has 9 heteroatoms. The van der Waals surface area contributed by atoms with Crippen LogP contribution in [0.3, 0.4) is 0 Å². The summed E-state index contributed by atoms with van der Waals surface area (Å²) in [6.45, 7) is 6.49. The van der Waals surface area contributed by atoms with Crippen LogP contribution in [0.4, 0.5) is 0 Å².